The van der Waals surface area contributed by atoms with Crippen LogP contribution in [0.3, 0.4) is 0 Å². The number of hydrogen-bond acceptors (Lipinski definition) is 4. The highest BCUT2D eigenvalue weighted by atomic mass is 16.5. The molecule has 0 aliphatic heterocycles. The molecule has 0 aliphatic carbocycles. The molecular weight excluding hydrogens is 195 g/mol. The van der Waals surface area contributed by atoms with Gasteiger partial charge in [0.2, 0.25) is 0 Å². The molecule has 0 N–H and O–H groups in total. The van der Waals surface area contributed by atoms with Gasteiger partial charge in [0.1, 0.15) is 19.3 Å². The summed E-state index contributed by atoms with van der Waals surface area (Å²) in [7, 11) is 6.28. The van der Waals surface area contributed by atoms with Gasteiger partial charge in [-0.2, -0.15) is 0 Å². The minimum atomic E-state index is -0.411. The first-order valence-corrected chi connectivity index (χ1v) is 4.45. The third-order valence-electron chi connectivity index (χ3n) is 2.17. The number of rotatable bonds is 3. The van der Waals surface area contributed by atoms with E-state index in [0.29, 0.717) is 17.1 Å². The van der Waals surface area contributed by atoms with Crippen LogP contribution in [0.4, 0.5) is 0 Å². The van der Waals surface area contributed by atoms with Crippen LogP contribution in [-0.4, -0.2) is 35.1 Å². The van der Waals surface area contributed by atoms with E-state index >= 15 is 0 Å². The molecule has 0 radical (unpaired) electrons. The van der Waals surface area contributed by atoms with Crippen molar-refractivity contribution in [2.75, 3.05) is 21.3 Å². The van der Waals surface area contributed by atoms with E-state index in [-0.39, 0.29) is 0 Å². The Hall–Kier alpha value is -1.65. The fourth-order valence-corrected chi connectivity index (χ4v) is 1.32. The zero-order valence-electron chi connectivity index (χ0n) is 9.29. The van der Waals surface area contributed by atoms with Crippen LogP contribution in [0.1, 0.15) is 10.4 Å². The van der Waals surface area contributed by atoms with Crippen molar-refractivity contribution in [3.05, 3.63) is 17.7 Å². The number of hydrogen-bond donors (Lipinski definition) is 0. The van der Waals surface area contributed by atoms with Crippen molar-refractivity contribution in [3.8, 4) is 11.5 Å². The lowest BCUT2D eigenvalue weighted by atomic mass is 9.92. The van der Waals surface area contributed by atoms with E-state index in [4.69, 9.17) is 9.47 Å². The van der Waals surface area contributed by atoms with Crippen LogP contribution in [0.2, 0.25) is 0 Å². The smallest absolute Gasteiger partial charge is 0.338 e. The Bertz CT molecular complexity index is 351. The number of carbonyl (C=O) groups excluding carboxylic acids is 1. The van der Waals surface area contributed by atoms with E-state index < -0.39 is 5.97 Å². The zero-order valence-corrected chi connectivity index (χ0v) is 9.29. The van der Waals surface area contributed by atoms with E-state index in [0.717, 1.165) is 5.46 Å². The Morgan fingerprint density at radius 1 is 1.13 bits per heavy atom. The van der Waals surface area contributed by atoms with Crippen molar-refractivity contribution in [1.29, 1.82) is 0 Å². The van der Waals surface area contributed by atoms with Gasteiger partial charge in [0.15, 0.2) is 0 Å². The lowest BCUT2D eigenvalue weighted by molar-refractivity contribution is 0.0600. The van der Waals surface area contributed by atoms with Crippen LogP contribution in [0.15, 0.2) is 12.1 Å². The Labute approximate surface area is 89.5 Å². The average molecular weight is 208 g/mol. The van der Waals surface area contributed by atoms with Gasteiger partial charge in [-0.15, -0.1) is 0 Å². The van der Waals surface area contributed by atoms with Crippen LogP contribution >= 0.6 is 0 Å². The topological polar surface area (TPSA) is 44.8 Å². The summed E-state index contributed by atoms with van der Waals surface area (Å²) in [5.74, 6) is 0.802. The van der Waals surface area contributed by atoms with Crippen LogP contribution in [0, 0.1) is 0 Å². The first kappa shape index (κ1) is 11.4. The first-order chi connectivity index (χ1) is 7.13. The lowest BCUT2D eigenvalue weighted by Crippen LogP contribution is -2.13. The van der Waals surface area contributed by atoms with Gasteiger partial charge in [-0.05, 0) is 17.6 Å². The predicted molar refractivity (Wildman–Crippen MR) is 59.1 cm³/mol. The molecule has 0 spiro atoms. The van der Waals surface area contributed by atoms with Crippen LogP contribution < -0.4 is 14.9 Å². The van der Waals surface area contributed by atoms with Crippen molar-refractivity contribution in [3.63, 3.8) is 0 Å². The molecule has 0 heterocycles. The van der Waals surface area contributed by atoms with Crippen LogP contribution in [0.25, 0.3) is 0 Å². The molecule has 1 aromatic rings. The number of benzene rings is 1. The van der Waals surface area contributed by atoms with Crippen molar-refractivity contribution >= 4 is 19.3 Å². The van der Waals surface area contributed by atoms with Gasteiger partial charge in [0.05, 0.1) is 26.9 Å². The van der Waals surface area contributed by atoms with E-state index in [1.807, 2.05) is 7.85 Å². The summed E-state index contributed by atoms with van der Waals surface area (Å²) in [6.07, 6.45) is 0. The molecule has 15 heavy (non-hydrogen) atoms. The predicted octanol–water partition coefficient (Wildman–Crippen LogP) is -0.251. The maximum Gasteiger partial charge on any atom is 0.338 e. The van der Waals surface area contributed by atoms with Crippen molar-refractivity contribution in [2.45, 2.75) is 0 Å². The van der Waals surface area contributed by atoms with Gasteiger partial charge in [0, 0.05) is 0 Å². The number of carbonyl (C=O) groups is 1. The minimum absolute atomic E-state index is 0.411. The monoisotopic (exact) mass is 208 g/mol. The maximum atomic E-state index is 11.3. The molecule has 5 heteroatoms. The fraction of sp³-hybridized carbons (Fsp3) is 0.300. The SMILES string of the molecule is Bc1c(OC)cc(C(=O)OC)cc1OC. The molecule has 0 bridgehead atoms. The molecule has 0 saturated heterocycles. The summed E-state index contributed by atoms with van der Waals surface area (Å²) in [5.41, 5.74) is 1.27. The zero-order chi connectivity index (χ0) is 11.4. The summed E-state index contributed by atoms with van der Waals surface area (Å²) in [6, 6.07) is 3.26. The van der Waals surface area contributed by atoms with Crippen molar-refractivity contribution in [1.82, 2.24) is 0 Å². The third-order valence-corrected chi connectivity index (χ3v) is 2.17. The van der Waals surface area contributed by atoms with Gasteiger partial charge in [0.25, 0.3) is 0 Å². The molecule has 0 saturated carbocycles. The molecule has 1 rings (SSSR count). The Balaban J connectivity index is 3.26. The first-order valence-electron chi connectivity index (χ1n) is 4.45. The van der Waals surface area contributed by atoms with E-state index in [1.54, 1.807) is 26.4 Å². The van der Waals surface area contributed by atoms with Gasteiger partial charge < -0.3 is 14.2 Å². The summed E-state index contributed by atoms with van der Waals surface area (Å²) in [5, 5.41) is 0. The Morgan fingerprint density at radius 3 is 1.93 bits per heavy atom. The average Bonchev–Trinajstić information content (AvgIpc) is 2.28. The summed E-state index contributed by atoms with van der Waals surface area (Å²) in [4.78, 5) is 11.3. The second kappa shape index (κ2) is 4.73. The molecule has 0 unspecified atom stereocenters. The highest BCUT2D eigenvalue weighted by molar-refractivity contribution is 6.36. The minimum Gasteiger partial charge on any atom is -0.497 e. The Kier molecular flexibility index (Phi) is 3.60. The largest absolute Gasteiger partial charge is 0.497 e. The number of esters is 1. The summed E-state index contributed by atoms with van der Waals surface area (Å²) < 4.78 is 14.9. The Morgan fingerprint density at radius 2 is 1.60 bits per heavy atom. The van der Waals surface area contributed by atoms with E-state index in [2.05, 4.69) is 4.74 Å². The lowest BCUT2D eigenvalue weighted by Gasteiger charge is -2.11. The third kappa shape index (κ3) is 2.23. The molecule has 0 fully saturated rings. The maximum absolute atomic E-state index is 11.3. The van der Waals surface area contributed by atoms with Gasteiger partial charge in [-0.25, -0.2) is 4.79 Å². The van der Waals surface area contributed by atoms with Gasteiger partial charge in [-0.3, -0.25) is 0 Å². The number of methoxy groups -OCH3 is 3. The molecule has 0 atom stereocenters. The van der Waals surface area contributed by atoms with Gasteiger partial charge >= 0.3 is 5.97 Å². The second-order valence-electron chi connectivity index (χ2n) is 3.00. The molecular formula is C10H13BO4. The molecule has 1 aromatic carbocycles. The van der Waals surface area contributed by atoms with E-state index in [1.165, 1.54) is 7.11 Å². The molecule has 0 amide bonds. The highest BCUT2D eigenvalue weighted by Gasteiger charge is 2.13. The fourth-order valence-electron chi connectivity index (χ4n) is 1.32. The van der Waals surface area contributed by atoms with E-state index in [9.17, 15) is 4.79 Å². The molecule has 0 aromatic heterocycles. The molecule has 0 aliphatic rings. The highest BCUT2D eigenvalue weighted by Crippen LogP contribution is 2.19. The molecule has 4 nitrogen and oxygen atoms in total. The van der Waals surface area contributed by atoms with Gasteiger partial charge in [-0.1, -0.05) is 0 Å². The number of ether oxygens (including phenoxy) is 3. The molecule has 80 valence electrons. The van der Waals surface area contributed by atoms with Crippen molar-refractivity contribution < 1.29 is 19.0 Å². The quantitative estimate of drug-likeness (QED) is 0.507. The van der Waals surface area contributed by atoms with Crippen molar-refractivity contribution in [2.24, 2.45) is 0 Å². The summed E-state index contributed by atoms with van der Waals surface area (Å²) in [6.45, 7) is 0. The van der Waals surface area contributed by atoms with Crippen LogP contribution in [0.5, 0.6) is 11.5 Å². The second-order valence-corrected chi connectivity index (χ2v) is 3.00. The summed E-state index contributed by atoms with van der Waals surface area (Å²) >= 11 is 0. The standard InChI is InChI=1S/C10H13BO4/c1-13-7-4-6(10(12)15-3)5-8(14-2)9(7)11/h4-5H,11H2,1-3H3. The normalized spacial score (nSPS) is 9.53. The van der Waals surface area contributed by atoms with Crippen LogP contribution in [-0.2, 0) is 4.74 Å².